The lowest BCUT2D eigenvalue weighted by atomic mass is 10.0. The standard InChI is InChI=1S/C25H43N5/c1-2-3-4-5-6-7-8-9-10-11-12-13-14-15-16-17-22-26-24-20-18-23(19-21-24)25-27-29-30-28-25/h18-21,26H,2-17,22H2,1H3,(H,27,28,29,30). The number of anilines is 1. The molecule has 0 aliphatic carbocycles. The molecule has 0 radical (unpaired) electrons. The summed E-state index contributed by atoms with van der Waals surface area (Å²) in [6, 6.07) is 8.22. The number of benzene rings is 1. The molecule has 2 aromatic rings. The molecule has 5 nitrogen and oxygen atoms in total. The Morgan fingerprint density at radius 3 is 1.63 bits per heavy atom. The highest BCUT2D eigenvalue weighted by molar-refractivity contribution is 5.58. The Balaban J connectivity index is 1.32. The quantitative estimate of drug-likeness (QED) is 0.233. The molecule has 1 aromatic carbocycles. The zero-order valence-electron chi connectivity index (χ0n) is 19.2. The van der Waals surface area contributed by atoms with E-state index < -0.39 is 0 Å². The van der Waals surface area contributed by atoms with Crippen molar-refractivity contribution in [2.75, 3.05) is 11.9 Å². The predicted octanol–water partition coefficient (Wildman–Crippen LogP) is 7.54. The first-order chi connectivity index (χ1) is 14.9. The van der Waals surface area contributed by atoms with Crippen LogP contribution in [-0.2, 0) is 0 Å². The van der Waals surface area contributed by atoms with E-state index in [2.05, 4.69) is 45.0 Å². The van der Waals surface area contributed by atoms with E-state index in [1.54, 1.807) is 0 Å². The van der Waals surface area contributed by atoms with Gasteiger partial charge in [0.2, 0.25) is 5.82 Å². The zero-order chi connectivity index (χ0) is 21.1. The molecule has 5 heteroatoms. The van der Waals surface area contributed by atoms with Gasteiger partial charge in [0.15, 0.2) is 0 Å². The summed E-state index contributed by atoms with van der Waals surface area (Å²) in [5.41, 5.74) is 2.14. The summed E-state index contributed by atoms with van der Waals surface area (Å²) in [6.07, 6.45) is 22.6. The molecule has 2 rings (SSSR count). The van der Waals surface area contributed by atoms with Crippen LogP contribution in [0.5, 0.6) is 0 Å². The highest BCUT2D eigenvalue weighted by Gasteiger charge is 2.02. The lowest BCUT2D eigenvalue weighted by Gasteiger charge is -2.07. The third-order valence-electron chi connectivity index (χ3n) is 5.85. The topological polar surface area (TPSA) is 66.5 Å². The van der Waals surface area contributed by atoms with Gasteiger partial charge in [0, 0.05) is 17.8 Å². The van der Waals surface area contributed by atoms with Crippen molar-refractivity contribution in [2.24, 2.45) is 0 Å². The van der Waals surface area contributed by atoms with E-state index >= 15 is 0 Å². The van der Waals surface area contributed by atoms with E-state index in [-0.39, 0.29) is 0 Å². The summed E-state index contributed by atoms with van der Waals surface area (Å²) in [5.74, 6) is 0.638. The lowest BCUT2D eigenvalue weighted by Crippen LogP contribution is -2.01. The lowest BCUT2D eigenvalue weighted by molar-refractivity contribution is 0.530. The molecule has 0 atom stereocenters. The molecule has 168 valence electrons. The molecular weight excluding hydrogens is 370 g/mol. The van der Waals surface area contributed by atoms with Gasteiger partial charge in [-0.1, -0.05) is 103 Å². The van der Waals surface area contributed by atoms with Gasteiger partial charge >= 0.3 is 0 Å². The van der Waals surface area contributed by atoms with Gasteiger partial charge in [-0.15, -0.1) is 10.2 Å². The molecule has 30 heavy (non-hydrogen) atoms. The zero-order valence-corrected chi connectivity index (χ0v) is 19.2. The Hall–Kier alpha value is -1.91. The highest BCUT2D eigenvalue weighted by Crippen LogP contribution is 2.17. The van der Waals surface area contributed by atoms with Gasteiger partial charge in [-0.25, -0.2) is 0 Å². The van der Waals surface area contributed by atoms with Crippen LogP contribution < -0.4 is 5.32 Å². The first-order valence-electron chi connectivity index (χ1n) is 12.5. The van der Waals surface area contributed by atoms with Crippen molar-refractivity contribution in [2.45, 2.75) is 110 Å². The minimum absolute atomic E-state index is 0.638. The summed E-state index contributed by atoms with van der Waals surface area (Å²) in [7, 11) is 0. The molecular formula is C25H43N5. The number of rotatable bonds is 19. The first kappa shape index (κ1) is 24.4. The first-order valence-corrected chi connectivity index (χ1v) is 12.5. The van der Waals surface area contributed by atoms with Crippen LogP contribution in [-0.4, -0.2) is 27.2 Å². The van der Waals surface area contributed by atoms with E-state index in [9.17, 15) is 0 Å². The largest absolute Gasteiger partial charge is 0.385 e. The van der Waals surface area contributed by atoms with E-state index in [1.165, 1.54) is 103 Å². The Morgan fingerprint density at radius 2 is 1.17 bits per heavy atom. The number of unbranched alkanes of at least 4 members (excludes halogenated alkanes) is 15. The Morgan fingerprint density at radius 1 is 0.667 bits per heavy atom. The smallest absolute Gasteiger partial charge is 0.204 e. The normalized spacial score (nSPS) is 11.1. The van der Waals surface area contributed by atoms with Crippen LogP contribution in [0.3, 0.4) is 0 Å². The van der Waals surface area contributed by atoms with Crippen molar-refractivity contribution in [1.29, 1.82) is 0 Å². The van der Waals surface area contributed by atoms with Crippen molar-refractivity contribution < 1.29 is 0 Å². The Kier molecular flexibility index (Phi) is 13.7. The van der Waals surface area contributed by atoms with Crippen LogP contribution in [0, 0.1) is 0 Å². The molecule has 0 bridgehead atoms. The summed E-state index contributed by atoms with van der Waals surface area (Å²) in [6.45, 7) is 3.33. The number of aromatic amines is 1. The van der Waals surface area contributed by atoms with Crippen molar-refractivity contribution >= 4 is 5.69 Å². The maximum absolute atomic E-state index is 4.00. The monoisotopic (exact) mass is 413 g/mol. The van der Waals surface area contributed by atoms with Crippen molar-refractivity contribution in [3.63, 3.8) is 0 Å². The molecule has 0 spiro atoms. The molecule has 1 aromatic heterocycles. The van der Waals surface area contributed by atoms with Crippen LogP contribution in [0.1, 0.15) is 110 Å². The van der Waals surface area contributed by atoms with Gasteiger partial charge in [0.25, 0.3) is 0 Å². The fourth-order valence-corrected chi connectivity index (χ4v) is 3.93. The van der Waals surface area contributed by atoms with E-state index in [0.29, 0.717) is 5.82 Å². The number of H-pyrrole nitrogens is 1. The molecule has 0 aliphatic heterocycles. The maximum atomic E-state index is 4.00. The second kappa shape index (κ2) is 16.8. The molecule has 0 unspecified atom stereocenters. The number of nitrogens with zero attached hydrogens (tertiary/aromatic N) is 3. The number of hydrogen-bond donors (Lipinski definition) is 2. The molecule has 0 fully saturated rings. The summed E-state index contributed by atoms with van der Waals surface area (Å²) < 4.78 is 0. The molecule has 0 aliphatic rings. The predicted molar refractivity (Wildman–Crippen MR) is 128 cm³/mol. The summed E-state index contributed by atoms with van der Waals surface area (Å²) in [5, 5.41) is 17.6. The minimum Gasteiger partial charge on any atom is -0.385 e. The fraction of sp³-hybridized carbons (Fsp3) is 0.720. The minimum atomic E-state index is 0.638. The third-order valence-corrected chi connectivity index (χ3v) is 5.85. The van der Waals surface area contributed by atoms with Crippen LogP contribution >= 0.6 is 0 Å². The van der Waals surface area contributed by atoms with Crippen molar-refractivity contribution in [1.82, 2.24) is 20.6 Å². The van der Waals surface area contributed by atoms with Crippen LogP contribution in [0.4, 0.5) is 5.69 Å². The number of tetrazole rings is 1. The average Bonchev–Trinajstić information content (AvgIpc) is 3.31. The number of hydrogen-bond acceptors (Lipinski definition) is 4. The molecule has 1 heterocycles. The van der Waals surface area contributed by atoms with Crippen LogP contribution in [0.2, 0.25) is 0 Å². The number of nitrogens with one attached hydrogen (secondary N) is 2. The number of aromatic nitrogens is 4. The molecule has 0 amide bonds. The van der Waals surface area contributed by atoms with Gasteiger partial charge < -0.3 is 5.32 Å². The summed E-state index contributed by atoms with van der Waals surface area (Å²) in [4.78, 5) is 0. The van der Waals surface area contributed by atoms with Crippen LogP contribution in [0.15, 0.2) is 24.3 Å². The molecule has 2 N–H and O–H groups in total. The second-order valence-electron chi connectivity index (χ2n) is 8.54. The fourth-order valence-electron chi connectivity index (χ4n) is 3.93. The Bertz CT molecular complexity index is 609. The highest BCUT2D eigenvalue weighted by atomic mass is 15.5. The van der Waals surface area contributed by atoms with Gasteiger partial charge in [-0.05, 0) is 35.9 Å². The van der Waals surface area contributed by atoms with Gasteiger partial charge in [-0.3, -0.25) is 0 Å². The van der Waals surface area contributed by atoms with Gasteiger partial charge in [0.05, 0.1) is 0 Å². The van der Waals surface area contributed by atoms with E-state index in [1.807, 2.05) is 12.1 Å². The summed E-state index contributed by atoms with van der Waals surface area (Å²) >= 11 is 0. The Labute approximate surface area is 183 Å². The van der Waals surface area contributed by atoms with Crippen LogP contribution in [0.25, 0.3) is 11.4 Å². The molecule has 0 saturated heterocycles. The van der Waals surface area contributed by atoms with Crippen molar-refractivity contribution in [3.05, 3.63) is 24.3 Å². The third kappa shape index (κ3) is 11.3. The van der Waals surface area contributed by atoms with Gasteiger partial charge in [-0.2, -0.15) is 5.21 Å². The SMILES string of the molecule is CCCCCCCCCCCCCCCCCCNc1ccc(-c2nn[nH]n2)cc1. The van der Waals surface area contributed by atoms with Gasteiger partial charge in [0.1, 0.15) is 0 Å². The van der Waals surface area contributed by atoms with E-state index in [0.717, 1.165) is 17.8 Å². The van der Waals surface area contributed by atoms with Crippen molar-refractivity contribution in [3.8, 4) is 11.4 Å². The second-order valence-corrected chi connectivity index (χ2v) is 8.54. The molecule has 0 saturated carbocycles. The van der Waals surface area contributed by atoms with E-state index in [4.69, 9.17) is 0 Å². The average molecular weight is 414 g/mol. The maximum Gasteiger partial charge on any atom is 0.204 e.